The molecule has 2 saturated carbocycles. The zero-order chi connectivity index (χ0) is 19.9. The van der Waals surface area contributed by atoms with E-state index in [0.29, 0.717) is 29.8 Å². The molecule has 0 radical (unpaired) electrons. The SMILES string of the molecule is Cc1cocc1C(=O)NC1(CNC(=O)c2cc(C)n(C(C)C3CC3)n2)CCC1. The van der Waals surface area contributed by atoms with Crippen molar-refractivity contribution >= 4 is 11.8 Å². The molecule has 4 rings (SSSR count). The molecule has 0 bridgehead atoms. The van der Waals surface area contributed by atoms with E-state index in [2.05, 4.69) is 22.7 Å². The van der Waals surface area contributed by atoms with Crippen molar-refractivity contribution in [3.63, 3.8) is 0 Å². The number of carbonyl (C=O) groups is 2. The molecule has 2 aromatic heterocycles. The third-order valence-corrected chi connectivity index (χ3v) is 6.22. The monoisotopic (exact) mass is 384 g/mol. The number of hydrogen-bond donors (Lipinski definition) is 2. The van der Waals surface area contributed by atoms with Crippen molar-refractivity contribution in [1.29, 1.82) is 0 Å². The molecule has 7 nitrogen and oxygen atoms in total. The van der Waals surface area contributed by atoms with Crippen LogP contribution in [-0.2, 0) is 0 Å². The number of rotatable bonds is 7. The second kappa shape index (κ2) is 7.11. The molecule has 28 heavy (non-hydrogen) atoms. The van der Waals surface area contributed by atoms with Gasteiger partial charge in [-0.25, -0.2) is 0 Å². The second-order valence-corrected chi connectivity index (χ2v) is 8.43. The van der Waals surface area contributed by atoms with Gasteiger partial charge in [0, 0.05) is 12.2 Å². The van der Waals surface area contributed by atoms with Gasteiger partial charge in [0.05, 0.1) is 23.4 Å². The molecule has 2 heterocycles. The summed E-state index contributed by atoms with van der Waals surface area (Å²) in [5, 5.41) is 10.6. The van der Waals surface area contributed by atoms with E-state index in [9.17, 15) is 9.59 Å². The normalized spacial score (nSPS) is 19.0. The zero-order valence-electron chi connectivity index (χ0n) is 16.7. The number of amides is 2. The van der Waals surface area contributed by atoms with E-state index < -0.39 is 5.54 Å². The van der Waals surface area contributed by atoms with Gasteiger partial charge >= 0.3 is 0 Å². The largest absolute Gasteiger partial charge is 0.471 e. The van der Waals surface area contributed by atoms with Crippen molar-refractivity contribution in [2.75, 3.05) is 6.54 Å². The summed E-state index contributed by atoms with van der Waals surface area (Å²) in [6, 6.07) is 2.17. The molecule has 7 heteroatoms. The minimum absolute atomic E-state index is 0.154. The van der Waals surface area contributed by atoms with Crippen molar-refractivity contribution in [2.24, 2.45) is 5.92 Å². The Labute approximate surface area is 164 Å². The van der Waals surface area contributed by atoms with Crippen LogP contribution in [0.2, 0.25) is 0 Å². The van der Waals surface area contributed by atoms with Crippen LogP contribution in [0.5, 0.6) is 0 Å². The van der Waals surface area contributed by atoms with Crippen molar-refractivity contribution in [3.8, 4) is 0 Å². The predicted molar refractivity (Wildman–Crippen MR) is 104 cm³/mol. The van der Waals surface area contributed by atoms with Crippen LogP contribution in [0, 0.1) is 19.8 Å². The lowest BCUT2D eigenvalue weighted by atomic mass is 9.76. The van der Waals surface area contributed by atoms with Gasteiger partial charge in [-0.3, -0.25) is 14.3 Å². The van der Waals surface area contributed by atoms with E-state index in [-0.39, 0.29) is 11.8 Å². The molecule has 2 fully saturated rings. The maximum absolute atomic E-state index is 12.7. The highest BCUT2D eigenvalue weighted by molar-refractivity contribution is 5.96. The summed E-state index contributed by atoms with van der Waals surface area (Å²) in [7, 11) is 0. The van der Waals surface area contributed by atoms with Gasteiger partial charge in [0.25, 0.3) is 11.8 Å². The van der Waals surface area contributed by atoms with E-state index in [0.717, 1.165) is 30.5 Å². The average Bonchev–Trinajstić information content (AvgIpc) is 3.29. The molecular weight excluding hydrogens is 356 g/mol. The molecular formula is C21H28N4O3. The van der Waals surface area contributed by atoms with Crippen LogP contribution in [0.1, 0.15) is 77.2 Å². The minimum Gasteiger partial charge on any atom is -0.471 e. The minimum atomic E-state index is -0.393. The predicted octanol–water partition coefficient (Wildman–Crippen LogP) is 3.15. The van der Waals surface area contributed by atoms with E-state index >= 15 is 0 Å². The second-order valence-electron chi connectivity index (χ2n) is 8.43. The number of hydrogen-bond acceptors (Lipinski definition) is 4. The molecule has 2 N–H and O–H groups in total. The van der Waals surface area contributed by atoms with E-state index in [1.807, 2.05) is 24.6 Å². The summed E-state index contributed by atoms with van der Waals surface area (Å²) in [5.41, 5.74) is 2.40. The summed E-state index contributed by atoms with van der Waals surface area (Å²) in [4.78, 5) is 25.2. The molecule has 2 aromatic rings. The molecule has 0 saturated heterocycles. The van der Waals surface area contributed by atoms with E-state index in [1.165, 1.54) is 19.1 Å². The first-order valence-corrected chi connectivity index (χ1v) is 10.1. The smallest absolute Gasteiger partial charge is 0.271 e. The highest BCUT2D eigenvalue weighted by atomic mass is 16.3. The number of aromatic nitrogens is 2. The third kappa shape index (κ3) is 3.57. The van der Waals surface area contributed by atoms with Crippen LogP contribution in [0.3, 0.4) is 0 Å². The summed E-state index contributed by atoms with van der Waals surface area (Å²) < 4.78 is 7.07. The van der Waals surface area contributed by atoms with Crippen LogP contribution in [0.25, 0.3) is 0 Å². The van der Waals surface area contributed by atoms with Crippen molar-refractivity contribution in [1.82, 2.24) is 20.4 Å². The third-order valence-electron chi connectivity index (χ3n) is 6.22. The summed E-state index contributed by atoms with van der Waals surface area (Å²) in [6.45, 7) is 6.40. The highest BCUT2D eigenvalue weighted by Crippen LogP contribution is 2.39. The van der Waals surface area contributed by atoms with Crippen molar-refractivity contribution in [3.05, 3.63) is 41.1 Å². The Morgan fingerprint density at radius 1 is 1.29 bits per heavy atom. The fourth-order valence-electron chi connectivity index (χ4n) is 3.98. The lowest BCUT2D eigenvalue weighted by Gasteiger charge is -2.42. The fraction of sp³-hybridized carbons (Fsp3) is 0.571. The van der Waals surface area contributed by atoms with E-state index in [1.54, 1.807) is 6.26 Å². The van der Waals surface area contributed by atoms with Gasteiger partial charge in [0.1, 0.15) is 12.0 Å². The molecule has 1 unspecified atom stereocenters. The van der Waals surface area contributed by atoms with E-state index in [4.69, 9.17) is 4.42 Å². The number of carbonyl (C=O) groups excluding carboxylic acids is 2. The maximum atomic E-state index is 12.7. The Morgan fingerprint density at radius 2 is 2.04 bits per heavy atom. The van der Waals surface area contributed by atoms with Crippen LogP contribution in [0.15, 0.2) is 23.0 Å². The van der Waals surface area contributed by atoms with Gasteiger partial charge in [-0.15, -0.1) is 0 Å². The van der Waals surface area contributed by atoms with Gasteiger partial charge in [0.15, 0.2) is 0 Å². The Morgan fingerprint density at radius 3 is 2.61 bits per heavy atom. The number of aryl methyl sites for hydroxylation is 2. The highest BCUT2D eigenvalue weighted by Gasteiger charge is 2.39. The fourth-order valence-corrected chi connectivity index (χ4v) is 3.98. The Balaban J connectivity index is 1.38. The lowest BCUT2D eigenvalue weighted by Crippen LogP contribution is -2.59. The van der Waals surface area contributed by atoms with Gasteiger partial charge in [-0.05, 0) is 70.4 Å². The Kier molecular flexibility index (Phi) is 4.77. The lowest BCUT2D eigenvalue weighted by molar-refractivity contribution is 0.0786. The molecule has 0 aliphatic heterocycles. The summed E-state index contributed by atoms with van der Waals surface area (Å²) in [5.74, 6) is 0.331. The average molecular weight is 384 g/mol. The first kappa shape index (κ1) is 18.8. The van der Waals surface area contributed by atoms with Crippen molar-refractivity contribution < 1.29 is 14.0 Å². The van der Waals surface area contributed by atoms with Crippen LogP contribution >= 0.6 is 0 Å². The molecule has 2 aliphatic rings. The molecule has 1 atom stereocenters. The molecule has 2 amide bonds. The van der Waals surface area contributed by atoms with Crippen LogP contribution in [0.4, 0.5) is 0 Å². The molecule has 0 spiro atoms. The summed E-state index contributed by atoms with van der Waals surface area (Å²) >= 11 is 0. The van der Waals surface area contributed by atoms with Crippen molar-refractivity contribution in [2.45, 2.75) is 64.5 Å². The van der Waals surface area contributed by atoms with Gasteiger partial charge in [-0.2, -0.15) is 5.10 Å². The number of nitrogens with one attached hydrogen (secondary N) is 2. The number of furan rings is 1. The molecule has 150 valence electrons. The molecule has 2 aliphatic carbocycles. The van der Waals surface area contributed by atoms with Gasteiger partial charge in [0.2, 0.25) is 0 Å². The Hall–Kier alpha value is -2.57. The first-order valence-electron chi connectivity index (χ1n) is 10.1. The number of nitrogens with zero attached hydrogens (tertiary/aromatic N) is 2. The van der Waals surface area contributed by atoms with Crippen LogP contribution in [-0.4, -0.2) is 33.7 Å². The Bertz CT molecular complexity index is 889. The summed E-state index contributed by atoms with van der Waals surface area (Å²) in [6.07, 6.45) is 8.23. The molecule has 0 aromatic carbocycles. The quantitative estimate of drug-likeness (QED) is 0.767. The topological polar surface area (TPSA) is 89.2 Å². The zero-order valence-corrected chi connectivity index (χ0v) is 16.7. The maximum Gasteiger partial charge on any atom is 0.271 e. The first-order chi connectivity index (χ1) is 13.4. The van der Waals surface area contributed by atoms with Gasteiger partial charge < -0.3 is 15.1 Å². The van der Waals surface area contributed by atoms with Crippen LogP contribution < -0.4 is 10.6 Å². The van der Waals surface area contributed by atoms with Gasteiger partial charge in [-0.1, -0.05) is 0 Å². The standard InChI is InChI=1S/C21H28N4O3/c1-13-10-28-11-17(13)19(26)23-21(7-4-8-21)12-22-20(27)18-9-14(2)25(24-18)15(3)16-5-6-16/h9-11,15-16H,4-8,12H2,1-3H3,(H,22,27)(H,23,26).